The number of thiazole rings is 1. The van der Waals surface area contributed by atoms with Gasteiger partial charge in [-0.15, -0.1) is 11.3 Å². The van der Waals surface area contributed by atoms with Gasteiger partial charge in [-0.2, -0.15) is 0 Å². The lowest BCUT2D eigenvalue weighted by atomic mass is 9.95. The van der Waals surface area contributed by atoms with E-state index in [9.17, 15) is 14.7 Å². The van der Waals surface area contributed by atoms with Crippen molar-refractivity contribution < 1.29 is 28.9 Å². The lowest BCUT2D eigenvalue weighted by Crippen LogP contribution is -2.29. The summed E-state index contributed by atoms with van der Waals surface area (Å²) in [6.07, 6.45) is -1.27. The van der Waals surface area contributed by atoms with Crippen molar-refractivity contribution in [3.05, 3.63) is 64.2 Å². The van der Waals surface area contributed by atoms with Gasteiger partial charge >= 0.3 is 5.97 Å². The summed E-state index contributed by atoms with van der Waals surface area (Å²) in [6, 6.07) is 11.8. The fraction of sp³-hybridized carbons (Fsp3) is 0.346. The van der Waals surface area contributed by atoms with Crippen molar-refractivity contribution in [1.82, 2.24) is 4.98 Å². The van der Waals surface area contributed by atoms with Crippen molar-refractivity contribution in [2.24, 2.45) is 5.73 Å². The average molecular weight is 499 g/mol. The highest BCUT2D eigenvalue weighted by molar-refractivity contribution is 7.15. The number of aryl methyl sites for hydroxylation is 1. The maximum absolute atomic E-state index is 13.5. The van der Waals surface area contributed by atoms with Crippen molar-refractivity contribution in [2.45, 2.75) is 45.4 Å². The maximum Gasteiger partial charge on any atom is 0.333 e. The van der Waals surface area contributed by atoms with E-state index in [1.54, 1.807) is 26.0 Å². The summed E-state index contributed by atoms with van der Waals surface area (Å²) in [6.45, 7) is 5.37. The highest BCUT2D eigenvalue weighted by Gasteiger charge is 2.29. The van der Waals surface area contributed by atoms with Crippen LogP contribution in [-0.2, 0) is 16.0 Å². The van der Waals surface area contributed by atoms with E-state index in [4.69, 9.17) is 19.9 Å². The molecule has 2 unspecified atom stereocenters. The molecule has 0 saturated heterocycles. The Hall–Kier alpha value is -3.27. The zero-order valence-electron chi connectivity index (χ0n) is 20.4. The molecule has 0 aliphatic carbocycles. The van der Waals surface area contributed by atoms with Crippen LogP contribution < -0.4 is 15.2 Å². The number of Topliss-reactive ketones (excluding diaryl/α,β-unsaturated/α-hetero) is 1. The van der Waals surface area contributed by atoms with E-state index in [1.807, 2.05) is 37.3 Å². The highest BCUT2D eigenvalue weighted by Crippen LogP contribution is 2.38. The molecule has 2 atom stereocenters. The first-order valence-corrected chi connectivity index (χ1v) is 11.9. The lowest BCUT2D eigenvalue weighted by molar-refractivity contribution is -0.153. The number of ketones is 1. The fourth-order valence-corrected chi connectivity index (χ4v) is 4.68. The number of rotatable bonds is 11. The van der Waals surface area contributed by atoms with Gasteiger partial charge in [0.25, 0.3) is 0 Å². The summed E-state index contributed by atoms with van der Waals surface area (Å²) in [5, 5.41) is 10.3. The minimum Gasteiger partial charge on any atom is -0.493 e. The molecular weight excluding hydrogens is 468 g/mol. The predicted octanol–water partition coefficient (Wildman–Crippen LogP) is 4.44. The summed E-state index contributed by atoms with van der Waals surface area (Å²) in [5.41, 5.74) is 8.64. The minimum atomic E-state index is -1.10. The second-order valence-electron chi connectivity index (χ2n) is 8.27. The largest absolute Gasteiger partial charge is 0.493 e. The minimum absolute atomic E-state index is 0.0651. The van der Waals surface area contributed by atoms with E-state index >= 15 is 0 Å². The summed E-state index contributed by atoms with van der Waals surface area (Å²) in [7, 11) is 2.93. The SMILES string of the molecule is COc1cc(CC(OC(C)C)C(=O)O)cc(C(N)C(=O)c2nc(-c3ccccc3)sc2C)c1OC. The van der Waals surface area contributed by atoms with E-state index in [0.29, 0.717) is 28.3 Å². The number of methoxy groups -OCH3 is 2. The number of nitrogens with two attached hydrogens (primary N) is 1. The quantitative estimate of drug-likeness (QED) is 0.372. The zero-order valence-corrected chi connectivity index (χ0v) is 21.2. The molecule has 3 N–H and O–H groups in total. The van der Waals surface area contributed by atoms with E-state index in [1.165, 1.54) is 25.6 Å². The molecule has 35 heavy (non-hydrogen) atoms. The number of carboxylic acid groups (broad SMARTS) is 1. The first-order valence-electron chi connectivity index (χ1n) is 11.1. The molecule has 9 heteroatoms. The Morgan fingerprint density at radius 2 is 1.80 bits per heavy atom. The van der Waals surface area contributed by atoms with Gasteiger partial charge in [-0.3, -0.25) is 4.79 Å². The number of benzene rings is 2. The van der Waals surface area contributed by atoms with Gasteiger partial charge in [0.05, 0.1) is 26.4 Å². The average Bonchev–Trinajstić information content (AvgIpc) is 3.23. The summed E-state index contributed by atoms with van der Waals surface area (Å²) in [4.78, 5) is 30.5. The number of nitrogens with zero attached hydrogens (tertiary/aromatic N) is 1. The van der Waals surface area contributed by atoms with Gasteiger partial charge in [0.2, 0.25) is 5.78 Å². The number of ether oxygens (including phenoxy) is 3. The number of hydrogen-bond donors (Lipinski definition) is 2. The Labute approximate surface area is 208 Å². The van der Waals surface area contributed by atoms with Crippen molar-refractivity contribution >= 4 is 23.1 Å². The van der Waals surface area contributed by atoms with Crippen molar-refractivity contribution in [2.75, 3.05) is 14.2 Å². The molecule has 0 aliphatic rings. The molecule has 3 aromatic rings. The van der Waals surface area contributed by atoms with E-state index in [-0.39, 0.29) is 18.3 Å². The topological polar surface area (TPSA) is 121 Å². The number of carboxylic acids is 1. The van der Waals surface area contributed by atoms with Gasteiger partial charge in [-0.1, -0.05) is 30.3 Å². The van der Waals surface area contributed by atoms with Crippen LogP contribution in [-0.4, -0.2) is 48.3 Å². The number of carbonyl (C=O) groups is 2. The number of aromatic nitrogens is 1. The monoisotopic (exact) mass is 498 g/mol. The molecule has 0 bridgehead atoms. The van der Waals surface area contributed by atoms with Gasteiger partial charge in [-0.05, 0) is 38.5 Å². The molecule has 2 aromatic carbocycles. The molecule has 0 saturated carbocycles. The molecule has 3 rings (SSSR count). The normalized spacial score (nSPS) is 12.9. The van der Waals surface area contributed by atoms with Crippen molar-refractivity contribution in [3.63, 3.8) is 0 Å². The lowest BCUT2D eigenvalue weighted by Gasteiger charge is -2.21. The first kappa shape index (κ1) is 26.3. The van der Waals surface area contributed by atoms with Crippen molar-refractivity contribution in [1.29, 1.82) is 0 Å². The van der Waals surface area contributed by atoms with Gasteiger partial charge in [-0.25, -0.2) is 9.78 Å². The van der Waals surface area contributed by atoms with Crippen LogP contribution in [0, 0.1) is 6.92 Å². The maximum atomic E-state index is 13.5. The van der Waals surface area contributed by atoms with Crippen LogP contribution in [0.4, 0.5) is 0 Å². The van der Waals surface area contributed by atoms with Crippen LogP contribution in [0.15, 0.2) is 42.5 Å². The van der Waals surface area contributed by atoms with Gasteiger partial charge < -0.3 is 25.1 Å². The van der Waals surface area contributed by atoms with Crippen LogP contribution in [0.25, 0.3) is 10.6 Å². The second-order valence-corrected chi connectivity index (χ2v) is 9.47. The first-order chi connectivity index (χ1) is 16.7. The Morgan fingerprint density at radius 3 is 2.37 bits per heavy atom. The van der Waals surface area contributed by atoms with Crippen LogP contribution >= 0.6 is 11.3 Å². The third kappa shape index (κ3) is 6.05. The number of aliphatic carboxylic acids is 1. The molecular formula is C26H30N2O6S. The number of carbonyl (C=O) groups excluding carboxylic acids is 1. The number of hydrogen-bond acceptors (Lipinski definition) is 8. The van der Waals surface area contributed by atoms with E-state index < -0.39 is 18.1 Å². The Kier molecular flexibility index (Phi) is 8.61. The highest BCUT2D eigenvalue weighted by atomic mass is 32.1. The molecule has 0 aliphatic heterocycles. The Balaban J connectivity index is 1.99. The zero-order chi connectivity index (χ0) is 25.7. The van der Waals surface area contributed by atoms with Crippen molar-refractivity contribution in [3.8, 4) is 22.1 Å². The standard InChI is InChI=1S/C26H30N2O6S/c1-14(2)34-20(26(30)31)13-16-11-18(24(33-5)19(12-16)32-4)21(27)23(29)22-15(3)35-25(28-22)17-9-7-6-8-10-17/h6-12,14,20-21H,13,27H2,1-5H3,(H,30,31). The summed E-state index contributed by atoms with van der Waals surface area (Å²) in [5.74, 6) is -0.796. The molecule has 0 radical (unpaired) electrons. The van der Waals surface area contributed by atoms with E-state index in [2.05, 4.69) is 4.98 Å². The molecule has 8 nitrogen and oxygen atoms in total. The third-order valence-corrected chi connectivity index (χ3v) is 6.39. The van der Waals surface area contributed by atoms with Crippen LogP contribution in [0.1, 0.15) is 46.4 Å². The Morgan fingerprint density at radius 1 is 1.11 bits per heavy atom. The predicted molar refractivity (Wildman–Crippen MR) is 134 cm³/mol. The molecule has 1 heterocycles. The second kappa shape index (κ2) is 11.4. The van der Waals surface area contributed by atoms with Gasteiger partial charge in [0.15, 0.2) is 17.6 Å². The molecule has 1 aromatic heterocycles. The Bertz CT molecular complexity index is 1190. The van der Waals surface area contributed by atoms with Gasteiger partial charge in [0, 0.05) is 22.4 Å². The fourth-order valence-electron chi connectivity index (χ4n) is 3.76. The third-order valence-electron chi connectivity index (χ3n) is 5.37. The van der Waals surface area contributed by atoms with Crippen LogP contribution in [0.3, 0.4) is 0 Å². The molecule has 0 fully saturated rings. The van der Waals surface area contributed by atoms with Gasteiger partial charge in [0.1, 0.15) is 10.7 Å². The summed E-state index contributed by atoms with van der Waals surface area (Å²) < 4.78 is 16.5. The summed E-state index contributed by atoms with van der Waals surface area (Å²) >= 11 is 1.42. The van der Waals surface area contributed by atoms with E-state index in [0.717, 1.165) is 15.4 Å². The molecule has 186 valence electrons. The smallest absolute Gasteiger partial charge is 0.333 e. The molecule has 0 spiro atoms. The molecule has 0 amide bonds. The van der Waals surface area contributed by atoms with Crippen LogP contribution in [0.2, 0.25) is 0 Å². The van der Waals surface area contributed by atoms with Crippen LogP contribution in [0.5, 0.6) is 11.5 Å².